The lowest BCUT2D eigenvalue weighted by Gasteiger charge is -2.10. The van der Waals surface area contributed by atoms with Crippen molar-refractivity contribution in [2.45, 2.75) is 6.92 Å². The summed E-state index contributed by atoms with van der Waals surface area (Å²) >= 11 is 3.00. The first-order valence-corrected chi connectivity index (χ1v) is 6.10. The van der Waals surface area contributed by atoms with E-state index in [0.717, 1.165) is 12.1 Å². The molecule has 0 spiro atoms. The maximum absolute atomic E-state index is 13.7. The van der Waals surface area contributed by atoms with Gasteiger partial charge in [-0.2, -0.15) is 5.26 Å². The maximum Gasteiger partial charge on any atom is 0.150 e. The second kappa shape index (κ2) is 5.33. The van der Waals surface area contributed by atoms with Crippen LogP contribution in [-0.4, -0.2) is 4.98 Å². The van der Waals surface area contributed by atoms with Gasteiger partial charge in [0.2, 0.25) is 0 Å². The third kappa shape index (κ3) is 2.88. The number of hydrogen-bond donors (Lipinski definition) is 1. The Labute approximate surface area is 117 Å². The fraction of sp³-hybridized carbons (Fsp3) is 0.0769. The van der Waals surface area contributed by atoms with Crippen LogP contribution in [0.5, 0.6) is 0 Å². The van der Waals surface area contributed by atoms with Crippen molar-refractivity contribution in [3.05, 3.63) is 51.6 Å². The quantitative estimate of drug-likeness (QED) is 0.907. The van der Waals surface area contributed by atoms with Gasteiger partial charge >= 0.3 is 0 Å². The minimum absolute atomic E-state index is 0.127. The summed E-state index contributed by atoms with van der Waals surface area (Å²) in [4.78, 5) is 4.07. The molecule has 0 saturated heterocycles. The van der Waals surface area contributed by atoms with Crippen LogP contribution in [0.4, 0.5) is 20.3 Å². The Morgan fingerprint density at radius 3 is 2.47 bits per heavy atom. The third-order valence-corrected chi connectivity index (χ3v) is 2.86. The molecule has 96 valence electrons. The van der Waals surface area contributed by atoms with Crippen LogP contribution in [0.15, 0.2) is 28.7 Å². The molecule has 0 aliphatic rings. The minimum atomic E-state index is -0.765. The Morgan fingerprint density at radius 1 is 1.26 bits per heavy atom. The molecule has 0 fully saturated rings. The van der Waals surface area contributed by atoms with Gasteiger partial charge in [0, 0.05) is 10.2 Å². The molecule has 1 aromatic carbocycles. The maximum atomic E-state index is 13.7. The number of pyridine rings is 1. The fourth-order valence-electron chi connectivity index (χ4n) is 1.52. The van der Waals surface area contributed by atoms with Gasteiger partial charge in [-0.05, 0) is 31.2 Å². The van der Waals surface area contributed by atoms with Gasteiger partial charge in [-0.1, -0.05) is 15.9 Å². The molecule has 2 rings (SSSR count). The first kappa shape index (κ1) is 13.4. The zero-order chi connectivity index (χ0) is 14.0. The SMILES string of the molecule is Cc1ccc(C#N)c(Nc2c(F)cc(Br)cc2F)n1. The molecule has 0 bridgehead atoms. The average molecular weight is 324 g/mol. The highest BCUT2D eigenvalue weighted by Gasteiger charge is 2.13. The number of nitrogens with one attached hydrogen (secondary N) is 1. The first-order chi connectivity index (χ1) is 9.01. The molecule has 0 radical (unpaired) electrons. The number of rotatable bonds is 2. The highest BCUT2D eigenvalue weighted by Crippen LogP contribution is 2.27. The van der Waals surface area contributed by atoms with E-state index in [1.165, 1.54) is 0 Å². The monoisotopic (exact) mass is 323 g/mol. The van der Waals surface area contributed by atoms with Gasteiger partial charge < -0.3 is 5.32 Å². The summed E-state index contributed by atoms with van der Waals surface area (Å²) in [5, 5.41) is 11.5. The van der Waals surface area contributed by atoms with Gasteiger partial charge in [-0.15, -0.1) is 0 Å². The van der Waals surface area contributed by atoms with Gasteiger partial charge in [0.25, 0.3) is 0 Å². The molecule has 0 aliphatic heterocycles. The summed E-state index contributed by atoms with van der Waals surface area (Å²) in [6, 6.07) is 7.37. The summed E-state index contributed by atoms with van der Waals surface area (Å²) < 4.78 is 27.7. The Morgan fingerprint density at radius 2 is 1.89 bits per heavy atom. The fourth-order valence-corrected chi connectivity index (χ4v) is 1.92. The van der Waals surface area contributed by atoms with E-state index in [1.807, 2.05) is 6.07 Å². The smallest absolute Gasteiger partial charge is 0.150 e. The van der Waals surface area contributed by atoms with Crippen LogP contribution >= 0.6 is 15.9 Å². The van der Waals surface area contributed by atoms with Crippen molar-refractivity contribution in [3.63, 3.8) is 0 Å². The van der Waals surface area contributed by atoms with Crippen LogP contribution in [0.3, 0.4) is 0 Å². The van der Waals surface area contributed by atoms with E-state index in [-0.39, 0.29) is 17.1 Å². The highest BCUT2D eigenvalue weighted by atomic mass is 79.9. The number of anilines is 2. The summed E-state index contributed by atoms with van der Waals surface area (Å²) in [5.74, 6) is -1.40. The van der Waals surface area contributed by atoms with E-state index in [0.29, 0.717) is 10.2 Å². The molecule has 1 N–H and O–H groups in total. The van der Waals surface area contributed by atoms with Crippen molar-refractivity contribution in [1.82, 2.24) is 4.98 Å². The number of hydrogen-bond acceptors (Lipinski definition) is 3. The van der Waals surface area contributed by atoms with Gasteiger partial charge in [0.15, 0.2) is 11.6 Å². The van der Waals surface area contributed by atoms with E-state index in [9.17, 15) is 8.78 Å². The van der Waals surface area contributed by atoms with Gasteiger partial charge in [0.1, 0.15) is 17.6 Å². The summed E-state index contributed by atoms with van der Waals surface area (Å²) in [6.07, 6.45) is 0. The van der Waals surface area contributed by atoms with Crippen molar-refractivity contribution < 1.29 is 8.78 Å². The topological polar surface area (TPSA) is 48.7 Å². The number of nitriles is 1. The molecule has 0 atom stereocenters. The molecule has 3 nitrogen and oxygen atoms in total. The van der Waals surface area contributed by atoms with Crippen LogP contribution in [-0.2, 0) is 0 Å². The van der Waals surface area contributed by atoms with E-state index in [4.69, 9.17) is 5.26 Å². The lowest BCUT2D eigenvalue weighted by molar-refractivity contribution is 0.589. The summed E-state index contributed by atoms with van der Waals surface area (Å²) in [7, 11) is 0. The van der Waals surface area contributed by atoms with E-state index in [2.05, 4.69) is 26.2 Å². The van der Waals surface area contributed by atoms with Crippen molar-refractivity contribution in [2.75, 3.05) is 5.32 Å². The molecule has 19 heavy (non-hydrogen) atoms. The zero-order valence-electron chi connectivity index (χ0n) is 9.84. The molecule has 0 aliphatic carbocycles. The van der Waals surface area contributed by atoms with Gasteiger partial charge in [0.05, 0.1) is 5.56 Å². The molecule has 1 heterocycles. The number of aromatic nitrogens is 1. The molecule has 0 saturated carbocycles. The molecule has 2 aromatic rings. The summed E-state index contributed by atoms with van der Waals surface area (Å²) in [5.41, 5.74) is 0.518. The Kier molecular flexibility index (Phi) is 3.76. The predicted molar refractivity (Wildman–Crippen MR) is 71.0 cm³/mol. The average Bonchev–Trinajstić information content (AvgIpc) is 2.34. The highest BCUT2D eigenvalue weighted by molar-refractivity contribution is 9.10. The zero-order valence-corrected chi connectivity index (χ0v) is 11.4. The van der Waals surface area contributed by atoms with Gasteiger partial charge in [-0.3, -0.25) is 0 Å². The lowest BCUT2D eigenvalue weighted by atomic mass is 10.2. The Balaban J connectivity index is 2.48. The van der Waals surface area contributed by atoms with Crippen molar-refractivity contribution in [2.24, 2.45) is 0 Å². The van der Waals surface area contributed by atoms with Crippen LogP contribution in [0.25, 0.3) is 0 Å². The van der Waals surface area contributed by atoms with Crippen molar-refractivity contribution in [3.8, 4) is 6.07 Å². The standard InChI is InChI=1S/C13H8BrF2N3/c1-7-2-3-8(6-17)13(18-7)19-12-10(15)4-9(14)5-11(12)16/h2-5H,1H3,(H,18,19). The Hall–Kier alpha value is -2.00. The van der Waals surface area contributed by atoms with E-state index < -0.39 is 11.6 Å². The number of benzene rings is 1. The van der Waals surface area contributed by atoms with E-state index in [1.54, 1.807) is 19.1 Å². The first-order valence-electron chi connectivity index (χ1n) is 5.30. The number of nitrogens with zero attached hydrogens (tertiary/aromatic N) is 2. The second-order valence-electron chi connectivity index (χ2n) is 3.83. The molecular weight excluding hydrogens is 316 g/mol. The van der Waals surface area contributed by atoms with Crippen LogP contribution in [0, 0.1) is 29.9 Å². The molecule has 0 amide bonds. The van der Waals surface area contributed by atoms with Crippen LogP contribution in [0.1, 0.15) is 11.3 Å². The largest absolute Gasteiger partial charge is 0.334 e. The molecule has 6 heteroatoms. The number of halogens is 3. The van der Waals surface area contributed by atoms with Crippen molar-refractivity contribution in [1.29, 1.82) is 5.26 Å². The van der Waals surface area contributed by atoms with Gasteiger partial charge in [-0.25, -0.2) is 13.8 Å². The lowest BCUT2D eigenvalue weighted by Crippen LogP contribution is -2.02. The summed E-state index contributed by atoms with van der Waals surface area (Å²) in [6.45, 7) is 1.72. The molecule has 1 aromatic heterocycles. The second-order valence-corrected chi connectivity index (χ2v) is 4.75. The number of aryl methyl sites for hydroxylation is 1. The van der Waals surface area contributed by atoms with E-state index >= 15 is 0 Å². The molecular formula is C13H8BrF2N3. The Bertz CT molecular complexity index is 657. The van der Waals surface area contributed by atoms with Crippen LogP contribution < -0.4 is 5.32 Å². The van der Waals surface area contributed by atoms with Crippen LogP contribution in [0.2, 0.25) is 0 Å². The molecule has 0 unspecified atom stereocenters. The van der Waals surface area contributed by atoms with Crippen molar-refractivity contribution >= 4 is 27.4 Å². The third-order valence-electron chi connectivity index (χ3n) is 2.41. The predicted octanol–water partition coefficient (Wildman–Crippen LogP) is 4.05. The minimum Gasteiger partial charge on any atom is -0.334 e. The normalized spacial score (nSPS) is 10.1.